The minimum absolute atomic E-state index is 0.0328. The van der Waals surface area contributed by atoms with Crippen LogP contribution < -0.4 is 10.2 Å². The lowest BCUT2D eigenvalue weighted by atomic mass is 10.1. The summed E-state index contributed by atoms with van der Waals surface area (Å²) in [6.45, 7) is 1.21. The van der Waals surface area contributed by atoms with Crippen LogP contribution in [0, 0.1) is 11.3 Å². The Kier molecular flexibility index (Phi) is 5.17. The van der Waals surface area contributed by atoms with Gasteiger partial charge in [0.15, 0.2) is 6.54 Å². The second kappa shape index (κ2) is 7.14. The monoisotopic (exact) mass is 410 g/mol. The maximum Gasteiger partial charge on any atom is 0.280 e. The van der Waals surface area contributed by atoms with Gasteiger partial charge < -0.3 is 10.2 Å². The SMILES string of the molecule is C[NH+](CC(=O)Nc1sc2c(c1C#N)CCC2)Cc1ccc(Br)s1. The summed E-state index contributed by atoms with van der Waals surface area (Å²) < 4.78 is 1.11. The number of fused-ring (bicyclic) bond motifs is 1. The predicted octanol–water partition coefficient (Wildman–Crippen LogP) is 2.59. The van der Waals surface area contributed by atoms with Crippen molar-refractivity contribution in [2.24, 2.45) is 0 Å². The summed E-state index contributed by atoms with van der Waals surface area (Å²) in [4.78, 5) is 15.9. The summed E-state index contributed by atoms with van der Waals surface area (Å²) in [5.41, 5.74) is 1.83. The maximum atomic E-state index is 12.3. The van der Waals surface area contributed by atoms with E-state index in [1.807, 2.05) is 13.1 Å². The van der Waals surface area contributed by atoms with Gasteiger partial charge in [0.2, 0.25) is 0 Å². The zero-order chi connectivity index (χ0) is 16.4. The van der Waals surface area contributed by atoms with Gasteiger partial charge in [-0.25, -0.2) is 0 Å². The first-order valence-electron chi connectivity index (χ1n) is 7.47. The van der Waals surface area contributed by atoms with Gasteiger partial charge in [0.25, 0.3) is 5.91 Å². The Morgan fingerprint density at radius 3 is 2.96 bits per heavy atom. The molecule has 7 heteroatoms. The number of rotatable bonds is 5. The van der Waals surface area contributed by atoms with Gasteiger partial charge in [0.05, 0.1) is 21.3 Å². The van der Waals surface area contributed by atoms with Crippen molar-refractivity contribution < 1.29 is 9.69 Å². The van der Waals surface area contributed by atoms with Crippen LogP contribution in [0.2, 0.25) is 0 Å². The first kappa shape index (κ1) is 16.7. The highest BCUT2D eigenvalue weighted by Gasteiger charge is 2.23. The summed E-state index contributed by atoms with van der Waals surface area (Å²) in [6, 6.07) is 6.37. The Bertz CT molecular complexity index is 775. The van der Waals surface area contributed by atoms with E-state index in [9.17, 15) is 10.1 Å². The molecule has 0 aliphatic heterocycles. The van der Waals surface area contributed by atoms with Crippen LogP contribution in [0.3, 0.4) is 0 Å². The molecule has 2 heterocycles. The van der Waals surface area contributed by atoms with Gasteiger partial charge in [-0.15, -0.1) is 22.7 Å². The minimum atomic E-state index is -0.0328. The standard InChI is InChI=1S/C16H16BrN3OS2/c1-20(8-10-5-6-14(17)22-10)9-15(21)19-16-12(7-18)11-3-2-4-13(11)23-16/h5-6H,2-4,8-9H2,1H3,(H,19,21)/p+1. The number of nitriles is 1. The molecule has 1 aliphatic carbocycles. The largest absolute Gasteiger partial charge is 0.325 e. The first-order valence-corrected chi connectivity index (χ1v) is 9.89. The number of nitrogens with one attached hydrogen (secondary N) is 2. The van der Waals surface area contributed by atoms with Gasteiger partial charge in [0, 0.05) is 4.88 Å². The van der Waals surface area contributed by atoms with Gasteiger partial charge in [-0.1, -0.05) is 0 Å². The maximum absolute atomic E-state index is 12.3. The van der Waals surface area contributed by atoms with Crippen molar-refractivity contribution >= 4 is 49.5 Å². The Labute approximate surface area is 151 Å². The second-order valence-electron chi connectivity index (χ2n) is 5.74. The molecule has 0 spiro atoms. The lowest BCUT2D eigenvalue weighted by Crippen LogP contribution is -3.08. The first-order chi connectivity index (χ1) is 11.1. The van der Waals surface area contributed by atoms with Crippen molar-refractivity contribution in [1.29, 1.82) is 5.26 Å². The van der Waals surface area contributed by atoms with E-state index in [2.05, 4.69) is 33.4 Å². The van der Waals surface area contributed by atoms with Crippen LogP contribution in [0.5, 0.6) is 0 Å². The fourth-order valence-electron chi connectivity index (χ4n) is 2.86. The summed E-state index contributed by atoms with van der Waals surface area (Å²) >= 11 is 6.72. The highest BCUT2D eigenvalue weighted by molar-refractivity contribution is 9.11. The Balaban J connectivity index is 1.60. The predicted molar refractivity (Wildman–Crippen MR) is 97.2 cm³/mol. The lowest BCUT2D eigenvalue weighted by molar-refractivity contribution is -0.884. The zero-order valence-electron chi connectivity index (χ0n) is 12.7. The number of quaternary nitrogens is 1. The topological polar surface area (TPSA) is 57.3 Å². The molecule has 2 aromatic heterocycles. The molecule has 3 rings (SSSR count). The Hall–Kier alpha value is -1.20. The number of aryl methyl sites for hydroxylation is 1. The van der Waals surface area contributed by atoms with E-state index in [0.717, 1.165) is 45.1 Å². The van der Waals surface area contributed by atoms with Crippen LogP contribution in [0.25, 0.3) is 0 Å². The third-order valence-corrected chi connectivity index (χ3v) is 6.68. The molecular weight excluding hydrogens is 394 g/mol. The molecule has 120 valence electrons. The second-order valence-corrected chi connectivity index (χ2v) is 9.39. The number of hydrogen-bond acceptors (Lipinski definition) is 4. The molecular formula is C16H17BrN3OS2+. The third-order valence-electron chi connectivity index (χ3n) is 3.85. The number of hydrogen-bond donors (Lipinski definition) is 2. The molecule has 23 heavy (non-hydrogen) atoms. The number of carbonyl (C=O) groups excluding carboxylic acids is 1. The molecule has 4 nitrogen and oxygen atoms in total. The molecule has 2 aromatic rings. The number of carbonyl (C=O) groups is 1. The van der Waals surface area contributed by atoms with E-state index in [-0.39, 0.29) is 5.91 Å². The van der Waals surface area contributed by atoms with Crippen molar-refractivity contribution in [3.8, 4) is 6.07 Å². The quantitative estimate of drug-likeness (QED) is 0.795. The summed E-state index contributed by atoms with van der Waals surface area (Å²) in [7, 11) is 2.01. The summed E-state index contributed by atoms with van der Waals surface area (Å²) in [5.74, 6) is -0.0328. The molecule has 0 bridgehead atoms. The van der Waals surface area contributed by atoms with Crippen LogP contribution in [0.15, 0.2) is 15.9 Å². The summed E-state index contributed by atoms with van der Waals surface area (Å²) in [6.07, 6.45) is 3.11. The molecule has 1 atom stereocenters. The Morgan fingerprint density at radius 2 is 2.26 bits per heavy atom. The van der Waals surface area contributed by atoms with Gasteiger partial charge >= 0.3 is 0 Å². The van der Waals surface area contributed by atoms with E-state index in [1.165, 1.54) is 9.75 Å². The molecule has 0 aromatic carbocycles. The van der Waals surface area contributed by atoms with Crippen molar-refractivity contribution in [3.63, 3.8) is 0 Å². The molecule has 0 saturated carbocycles. The molecule has 1 amide bonds. The Morgan fingerprint density at radius 1 is 1.43 bits per heavy atom. The van der Waals surface area contributed by atoms with Crippen molar-refractivity contribution in [1.82, 2.24) is 0 Å². The van der Waals surface area contributed by atoms with Gasteiger partial charge in [-0.3, -0.25) is 4.79 Å². The van der Waals surface area contributed by atoms with E-state index >= 15 is 0 Å². The van der Waals surface area contributed by atoms with Crippen LogP contribution >= 0.6 is 38.6 Å². The lowest BCUT2D eigenvalue weighted by Gasteiger charge is -2.12. The highest BCUT2D eigenvalue weighted by atomic mass is 79.9. The van der Waals surface area contributed by atoms with Crippen LogP contribution in [-0.2, 0) is 24.2 Å². The minimum Gasteiger partial charge on any atom is -0.325 e. The average Bonchev–Trinajstić information content (AvgIpc) is 3.15. The number of likely N-dealkylation sites (N-methyl/N-ethyl adjacent to an activating group) is 1. The molecule has 0 fully saturated rings. The third kappa shape index (κ3) is 3.83. The van der Waals surface area contributed by atoms with Crippen molar-refractivity contribution in [2.75, 3.05) is 18.9 Å². The number of anilines is 1. The van der Waals surface area contributed by atoms with Crippen LogP contribution in [-0.4, -0.2) is 19.5 Å². The number of amides is 1. The van der Waals surface area contributed by atoms with E-state index in [1.54, 1.807) is 22.7 Å². The number of nitrogens with zero attached hydrogens (tertiary/aromatic N) is 1. The zero-order valence-corrected chi connectivity index (χ0v) is 16.0. The molecule has 1 unspecified atom stereocenters. The molecule has 2 N–H and O–H groups in total. The van der Waals surface area contributed by atoms with Crippen molar-refractivity contribution in [3.05, 3.63) is 36.8 Å². The molecule has 1 aliphatic rings. The molecule has 0 radical (unpaired) electrons. The van der Waals surface area contributed by atoms with Crippen molar-refractivity contribution in [2.45, 2.75) is 25.8 Å². The van der Waals surface area contributed by atoms with Crippen LogP contribution in [0.4, 0.5) is 5.00 Å². The highest BCUT2D eigenvalue weighted by Crippen LogP contribution is 2.38. The smallest absolute Gasteiger partial charge is 0.280 e. The van der Waals surface area contributed by atoms with Crippen LogP contribution in [0.1, 0.15) is 27.3 Å². The summed E-state index contributed by atoms with van der Waals surface area (Å²) in [5, 5.41) is 13.0. The fourth-order valence-corrected chi connectivity index (χ4v) is 5.72. The number of thiophene rings is 2. The van der Waals surface area contributed by atoms with Gasteiger partial charge in [0.1, 0.15) is 17.6 Å². The van der Waals surface area contributed by atoms with E-state index in [0.29, 0.717) is 12.1 Å². The normalized spacial score (nSPS) is 14.3. The van der Waals surface area contributed by atoms with E-state index in [4.69, 9.17) is 0 Å². The van der Waals surface area contributed by atoms with Gasteiger partial charge in [-0.05, 0) is 52.9 Å². The fraction of sp³-hybridized carbons (Fsp3) is 0.375. The number of halogens is 1. The molecule has 0 saturated heterocycles. The average molecular weight is 411 g/mol. The van der Waals surface area contributed by atoms with E-state index < -0.39 is 0 Å². The van der Waals surface area contributed by atoms with Gasteiger partial charge in [-0.2, -0.15) is 5.26 Å².